The van der Waals surface area contributed by atoms with Crippen LogP contribution < -0.4 is 4.72 Å². The predicted octanol–water partition coefficient (Wildman–Crippen LogP) is 4.32. The lowest BCUT2D eigenvalue weighted by Gasteiger charge is -2.11. The van der Waals surface area contributed by atoms with Crippen molar-refractivity contribution in [3.8, 4) is 0 Å². The summed E-state index contributed by atoms with van der Waals surface area (Å²) in [7, 11) is -4.37. The minimum Gasteiger partial charge on any atom is -0.278 e. The van der Waals surface area contributed by atoms with Gasteiger partial charge < -0.3 is 0 Å². The van der Waals surface area contributed by atoms with E-state index < -0.39 is 32.4 Å². The quantitative estimate of drug-likeness (QED) is 0.834. The molecule has 0 aliphatic heterocycles. The highest BCUT2D eigenvalue weighted by molar-refractivity contribution is 9.10. The molecule has 0 unspecified atom stereocenters. The van der Waals surface area contributed by atoms with Gasteiger partial charge in [0.15, 0.2) is 0 Å². The molecule has 2 aromatic rings. The topological polar surface area (TPSA) is 46.2 Å². The second kappa shape index (κ2) is 5.86. The van der Waals surface area contributed by atoms with Crippen molar-refractivity contribution in [3.63, 3.8) is 0 Å². The summed E-state index contributed by atoms with van der Waals surface area (Å²) in [6.45, 7) is 0. The molecule has 0 saturated heterocycles. The van der Waals surface area contributed by atoms with E-state index >= 15 is 0 Å². The van der Waals surface area contributed by atoms with Crippen LogP contribution in [0.5, 0.6) is 0 Å². The average molecular weight is 401 g/mol. The first-order valence-electron chi connectivity index (χ1n) is 5.33. The second-order valence-electron chi connectivity index (χ2n) is 3.93. The fourth-order valence-electron chi connectivity index (χ4n) is 1.55. The van der Waals surface area contributed by atoms with Crippen LogP contribution in [0.15, 0.2) is 39.7 Å². The SMILES string of the molecule is O=S(=O)(Nc1ccc(F)cc1Cl)c1c(F)cc(F)cc1Br. The molecule has 2 aromatic carbocycles. The van der Waals surface area contributed by atoms with Crippen LogP contribution in [-0.2, 0) is 10.0 Å². The van der Waals surface area contributed by atoms with Crippen LogP contribution in [-0.4, -0.2) is 8.42 Å². The summed E-state index contributed by atoms with van der Waals surface area (Å²) >= 11 is 8.48. The maximum absolute atomic E-state index is 13.7. The smallest absolute Gasteiger partial charge is 0.266 e. The molecule has 112 valence electrons. The van der Waals surface area contributed by atoms with Gasteiger partial charge in [-0.15, -0.1) is 0 Å². The zero-order chi connectivity index (χ0) is 15.8. The van der Waals surface area contributed by atoms with Crippen molar-refractivity contribution in [1.82, 2.24) is 0 Å². The minimum atomic E-state index is -4.37. The van der Waals surface area contributed by atoms with Gasteiger partial charge in [-0.2, -0.15) is 0 Å². The van der Waals surface area contributed by atoms with Gasteiger partial charge in [-0.1, -0.05) is 11.6 Å². The van der Waals surface area contributed by atoms with Crippen LogP contribution in [0.2, 0.25) is 5.02 Å². The van der Waals surface area contributed by atoms with Crippen molar-refractivity contribution < 1.29 is 21.6 Å². The van der Waals surface area contributed by atoms with Crippen molar-refractivity contribution in [1.29, 1.82) is 0 Å². The summed E-state index contributed by atoms with van der Waals surface area (Å²) in [5, 5.41) is -0.197. The maximum Gasteiger partial charge on any atom is 0.266 e. The van der Waals surface area contributed by atoms with Gasteiger partial charge in [0.25, 0.3) is 10.0 Å². The fraction of sp³-hybridized carbons (Fsp3) is 0. The first-order chi connectivity index (χ1) is 9.70. The third-order valence-electron chi connectivity index (χ3n) is 2.41. The minimum absolute atomic E-state index is 0.131. The molecule has 0 radical (unpaired) electrons. The number of hydrogen-bond acceptors (Lipinski definition) is 2. The normalized spacial score (nSPS) is 11.5. The van der Waals surface area contributed by atoms with Gasteiger partial charge in [0.1, 0.15) is 22.3 Å². The van der Waals surface area contributed by atoms with Gasteiger partial charge in [-0.3, -0.25) is 4.72 Å². The lowest BCUT2D eigenvalue weighted by atomic mass is 10.3. The summed E-state index contributed by atoms with van der Waals surface area (Å²) in [5.74, 6) is -2.86. The monoisotopic (exact) mass is 399 g/mol. The van der Waals surface area contributed by atoms with E-state index in [1.807, 2.05) is 4.72 Å². The van der Waals surface area contributed by atoms with Crippen molar-refractivity contribution in [2.45, 2.75) is 4.90 Å². The number of anilines is 1. The van der Waals surface area contributed by atoms with Crippen LogP contribution >= 0.6 is 27.5 Å². The summed E-state index contributed by atoms with van der Waals surface area (Å²) in [6, 6.07) is 4.22. The van der Waals surface area contributed by atoms with Gasteiger partial charge in [0.2, 0.25) is 0 Å². The third kappa shape index (κ3) is 3.50. The Bertz CT molecular complexity index is 791. The Kier molecular flexibility index (Phi) is 4.50. The van der Waals surface area contributed by atoms with Gasteiger partial charge in [0.05, 0.1) is 10.7 Å². The van der Waals surface area contributed by atoms with E-state index in [1.165, 1.54) is 0 Å². The molecule has 21 heavy (non-hydrogen) atoms. The zero-order valence-corrected chi connectivity index (χ0v) is 13.2. The fourth-order valence-corrected chi connectivity index (χ4v) is 4.07. The molecule has 0 aliphatic rings. The van der Waals surface area contributed by atoms with Gasteiger partial charge in [0, 0.05) is 10.5 Å². The molecule has 0 atom stereocenters. The molecule has 0 fully saturated rings. The number of sulfonamides is 1. The Morgan fingerprint density at radius 3 is 2.29 bits per heavy atom. The highest BCUT2D eigenvalue weighted by Crippen LogP contribution is 2.30. The van der Waals surface area contributed by atoms with E-state index in [0.717, 1.165) is 24.3 Å². The summed E-state index contributed by atoms with van der Waals surface area (Å²) < 4.78 is 65.6. The van der Waals surface area contributed by atoms with Crippen LogP contribution in [0.4, 0.5) is 18.9 Å². The molecule has 0 amide bonds. The molecule has 0 aliphatic carbocycles. The largest absolute Gasteiger partial charge is 0.278 e. The second-order valence-corrected chi connectivity index (χ2v) is 6.81. The van der Waals surface area contributed by atoms with Crippen molar-refractivity contribution in [2.75, 3.05) is 4.72 Å². The van der Waals surface area contributed by atoms with Gasteiger partial charge in [-0.25, -0.2) is 21.6 Å². The van der Waals surface area contributed by atoms with Gasteiger partial charge in [-0.05, 0) is 40.2 Å². The van der Waals surface area contributed by atoms with Crippen LogP contribution in [0.25, 0.3) is 0 Å². The van der Waals surface area contributed by atoms with E-state index in [4.69, 9.17) is 11.6 Å². The average Bonchev–Trinajstić information content (AvgIpc) is 2.30. The Morgan fingerprint density at radius 1 is 1.05 bits per heavy atom. The van der Waals surface area contributed by atoms with E-state index in [9.17, 15) is 21.6 Å². The van der Waals surface area contributed by atoms with Gasteiger partial charge >= 0.3 is 0 Å². The Balaban J connectivity index is 2.48. The molecule has 0 saturated carbocycles. The molecule has 0 bridgehead atoms. The number of hydrogen-bond donors (Lipinski definition) is 1. The lowest BCUT2D eigenvalue weighted by Crippen LogP contribution is -2.16. The zero-order valence-electron chi connectivity index (χ0n) is 10.0. The molecule has 0 aromatic heterocycles. The number of rotatable bonds is 3. The van der Waals surface area contributed by atoms with Crippen LogP contribution in [0.1, 0.15) is 0 Å². The molecule has 0 heterocycles. The molecule has 3 nitrogen and oxygen atoms in total. The first kappa shape index (κ1) is 16.1. The molecule has 1 N–H and O–H groups in total. The number of benzene rings is 2. The Labute approximate surface area is 131 Å². The van der Waals surface area contributed by atoms with Crippen molar-refractivity contribution >= 4 is 43.2 Å². The third-order valence-corrected chi connectivity index (χ3v) is 5.05. The van der Waals surface area contributed by atoms with E-state index in [2.05, 4.69) is 15.9 Å². The number of halogens is 5. The van der Waals surface area contributed by atoms with E-state index in [1.54, 1.807) is 0 Å². The van der Waals surface area contributed by atoms with Crippen molar-refractivity contribution in [3.05, 3.63) is 57.3 Å². The summed E-state index contributed by atoms with van der Waals surface area (Å²) in [5.41, 5.74) is -0.131. The summed E-state index contributed by atoms with van der Waals surface area (Å²) in [4.78, 5) is -0.774. The molecule has 0 spiro atoms. The summed E-state index contributed by atoms with van der Waals surface area (Å²) in [6.07, 6.45) is 0. The lowest BCUT2D eigenvalue weighted by molar-refractivity contribution is 0.548. The maximum atomic E-state index is 13.7. The highest BCUT2D eigenvalue weighted by Gasteiger charge is 2.24. The standard InChI is InChI=1S/C12H6BrClF3NO2S/c13-8-3-7(16)5-10(17)12(8)21(19,20)18-11-2-1-6(15)4-9(11)14/h1-5,18H. The molecule has 2 rings (SSSR count). The van der Waals surface area contributed by atoms with E-state index in [0.29, 0.717) is 6.07 Å². The predicted molar refractivity (Wildman–Crippen MR) is 76.3 cm³/mol. The molecule has 9 heteroatoms. The number of nitrogens with one attached hydrogen (secondary N) is 1. The first-order valence-corrected chi connectivity index (χ1v) is 7.98. The highest BCUT2D eigenvalue weighted by atomic mass is 79.9. The van der Waals surface area contributed by atoms with Crippen LogP contribution in [0.3, 0.4) is 0 Å². The van der Waals surface area contributed by atoms with Crippen LogP contribution in [0, 0.1) is 17.5 Å². The van der Waals surface area contributed by atoms with Crippen molar-refractivity contribution in [2.24, 2.45) is 0 Å². The Hall–Kier alpha value is -1.25. The molecular weight excluding hydrogens is 395 g/mol. The van der Waals surface area contributed by atoms with E-state index in [-0.39, 0.29) is 15.2 Å². The Morgan fingerprint density at radius 2 is 1.71 bits per heavy atom. The molecular formula is C12H6BrClF3NO2S.